The van der Waals surface area contributed by atoms with Crippen molar-refractivity contribution in [2.24, 2.45) is 29.4 Å². The highest BCUT2D eigenvalue weighted by atomic mass is 19.1. The SMILES string of the molecule is COc1ccc(CNCc2cccc(F)c2)cc1-c1ccc(O)c2c1C[C@H]1C[C@H]3CC(=O)C(C(N)=O)C(=O)[C@@]3(O)C(=O)C1C2=O. The molecule has 0 radical (unpaired) electrons. The number of ketones is 4. The van der Waals surface area contributed by atoms with Crippen LogP contribution in [0.4, 0.5) is 4.39 Å². The molecule has 10 nitrogen and oxygen atoms in total. The number of nitrogens with two attached hydrogens (primary N) is 1. The average Bonchev–Trinajstić information content (AvgIpc) is 2.99. The summed E-state index contributed by atoms with van der Waals surface area (Å²) >= 11 is 0. The fourth-order valence-corrected chi connectivity index (χ4v) is 7.29. The molecule has 3 aliphatic rings. The van der Waals surface area contributed by atoms with Crippen LogP contribution >= 0.6 is 0 Å². The predicted octanol–water partition coefficient (Wildman–Crippen LogP) is 2.43. The summed E-state index contributed by atoms with van der Waals surface area (Å²) < 4.78 is 19.2. The van der Waals surface area contributed by atoms with Crippen LogP contribution in [-0.4, -0.2) is 52.0 Å². The Balaban J connectivity index is 1.35. The van der Waals surface area contributed by atoms with Gasteiger partial charge in [-0.3, -0.25) is 24.0 Å². The third kappa shape index (κ3) is 4.92. The fraction of sp³-hybridized carbons (Fsp3) is 0.324. The van der Waals surface area contributed by atoms with Crippen LogP contribution in [-0.2, 0) is 38.7 Å². The van der Waals surface area contributed by atoms with Crippen LogP contribution < -0.4 is 15.8 Å². The van der Waals surface area contributed by atoms with Crippen LogP contribution in [0.15, 0.2) is 54.6 Å². The molecule has 2 saturated carbocycles. The Morgan fingerprint density at radius 3 is 2.42 bits per heavy atom. The summed E-state index contributed by atoms with van der Waals surface area (Å²) in [5.74, 6) is -10.5. The minimum absolute atomic E-state index is 0.00266. The van der Waals surface area contributed by atoms with Crippen LogP contribution in [0.5, 0.6) is 11.5 Å². The first-order valence-electron chi connectivity index (χ1n) is 14.6. The van der Waals surface area contributed by atoms with Crippen molar-refractivity contribution in [1.82, 2.24) is 5.32 Å². The molecule has 0 aliphatic heterocycles. The highest BCUT2D eigenvalue weighted by Gasteiger charge is 2.66. The van der Waals surface area contributed by atoms with Gasteiger partial charge in [-0.1, -0.05) is 24.3 Å². The smallest absolute Gasteiger partial charge is 0.235 e. The lowest BCUT2D eigenvalue weighted by Gasteiger charge is -2.48. The van der Waals surface area contributed by atoms with Gasteiger partial charge in [-0.2, -0.15) is 0 Å². The summed E-state index contributed by atoms with van der Waals surface area (Å²) in [5, 5.41) is 25.6. The van der Waals surface area contributed by atoms with Gasteiger partial charge < -0.3 is 26.0 Å². The number of hydrogen-bond donors (Lipinski definition) is 4. The number of ether oxygens (including phenoxy) is 1. The topological polar surface area (TPSA) is 173 Å². The van der Waals surface area contributed by atoms with Gasteiger partial charge in [0.05, 0.1) is 18.6 Å². The molecule has 0 saturated heterocycles. The van der Waals surface area contributed by atoms with Crippen molar-refractivity contribution in [2.45, 2.75) is 38.0 Å². The number of carbonyl (C=O) groups excluding carboxylic acids is 5. The number of aliphatic hydroxyl groups is 1. The number of phenolic OH excluding ortho intramolecular Hbond substituents is 1. The van der Waals surface area contributed by atoms with Crippen molar-refractivity contribution >= 4 is 29.0 Å². The zero-order chi connectivity index (χ0) is 32.2. The van der Waals surface area contributed by atoms with E-state index in [4.69, 9.17) is 10.5 Å². The van der Waals surface area contributed by atoms with E-state index in [-0.39, 0.29) is 30.0 Å². The van der Waals surface area contributed by atoms with Crippen LogP contribution in [0, 0.1) is 29.5 Å². The van der Waals surface area contributed by atoms with Gasteiger partial charge in [0.15, 0.2) is 34.7 Å². The van der Waals surface area contributed by atoms with E-state index in [1.54, 1.807) is 18.2 Å². The normalized spacial score (nSPS) is 25.8. The van der Waals surface area contributed by atoms with Crippen LogP contribution in [0.25, 0.3) is 11.1 Å². The van der Waals surface area contributed by atoms with Crippen molar-refractivity contribution in [2.75, 3.05) is 7.11 Å². The molecule has 0 bridgehead atoms. The van der Waals surface area contributed by atoms with E-state index in [1.807, 2.05) is 18.2 Å². The molecule has 232 valence electrons. The Kier molecular flexibility index (Phi) is 7.62. The number of rotatable bonds is 7. The van der Waals surface area contributed by atoms with Crippen molar-refractivity contribution in [3.63, 3.8) is 0 Å². The first kappa shape index (κ1) is 30.3. The minimum atomic E-state index is -2.70. The van der Waals surface area contributed by atoms with Crippen LogP contribution in [0.3, 0.4) is 0 Å². The Labute approximate surface area is 257 Å². The van der Waals surface area contributed by atoms with Crippen molar-refractivity contribution in [3.8, 4) is 22.6 Å². The number of phenols is 1. The van der Waals surface area contributed by atoms with E-state index in [0.717, 1.165) is 11.1 Å². The first-order valence-corrected chi connectivity index (χ1v) is 14.6. The molecule has 3 aromatic carbocycles. The van der Waals surface area contributed by atoms with Gasteiger partial charge in [-0.15, -0.1) is 0 Å². The second-order valence-electron chi connectivity index (χ2n) is 12.0. The van der Waals surface area contributed by atoms with Crippen LogP contribution in [0.2, 0.25) is 0 Å². The molecule has 5 N–H and O–H groups in total. The standard InChI is InChI=1S/C34H31FN2O8/c1-45-26-8-5-17(15-37-14-16-3-2-4-20(35)9-16)10-22(26)21-6-7-24(38)28-23(21)12-18-11-19-13-25(39)29(33(36)43)32(42)34(19,44)31(41)27(18)30(28)40/h2-10,18-19,27,29,37-38,44H,11-15H2,1H3,(H2,36,43)/t18-,19+,27?,29?,34+/m1/s1. The largest absolute Gasteiger partial charge is 0.507 e. The van der Waals surface area contributed by atoms with Gasteiger partial charge in [0, 0.05) is 31.0 Å². The van der Waals surface area contributed by atoms with Gasteiger partial charge >= 0.3 is 0 Å². The van der Waals surface area contributed by atoms with Crippen molar-refractivity contribution < 1.29 is 43.3 Å². The molecule has 1 amide bonds. The lowest BCUT2D eigenvalue weighted by Crippen LogP contribution is -2.68. The molecular formula is C34H31FN2O8. The van der Waals surface area contributed by atoms with Crippen LogP contribution in [0.1, 0.15) is 39.9 Å². The zero-order valence-electron chi connectivity index (χ0n) is 24.3. The average molecular weight is 615 g/mol. The van der Waals surface area contributed by atoms with Gasteiger partial charge in [0.25, 0.3) is 0 Å². The Hall–Kier alpha value is -4.74. The summed E-state index contributed by atoms with van der Waals surface area (Å²) in [7, 11) is 1.51. The van der Waals surface area contributed by atoms with E-state index in [2.05, 4.69) is 5.32 Å². The summed E-state index contributed by atoms with van der Waals surface area (Å²) in [6.07, 6.45) is -0.269. The lowest BCUT2D eigenvalue weighted by molar-refractivity contribution is -0.175. The van der Waals surface area contributed by atoms with E-state index in [0.29, 0.717) is 35.5 Å². The van der Waals surface area contributed by atoms with E-state index in [9.17, 15) is 38.6 Å². The maximum absolute atomic E-state index is 14.0. The van der Waals surface area contributed by atoms with Crippen molar-refractivity contribution in [3.05, 3.63) is 82.7 Å². The Bertz CT molecular complexity index is 1790. The summed E-state index contributed by atoms with van der Waals surface area (Å²) in [4.78, 5) is 65.4. The molecule has 45 heavy (non-hydrogen) atoms. The van der Waals surface area contributed by atoms with E-state index < -0.39 is 64.7 Å². The summed E-state index contributed by atoms with van der Waals surface area (Å²) in [6.45, 7) is 0.860. The van der Waals surface area contributed by atoms with Gasteiger partial charge in [0.1, 0.15) is 17.3 Å². The number of benzene rings is 3. The number of Topliss-reactive ketones (excluding diaryl/α,β-unsaturated/α-hetero) is 4. The van der Waals surface area contributed by atoms with E-state index >= 15 is 0 Å². The minimum Gasteiger partial charge on any atom is -0.507 e. The molecule has 3 aromatic rings. The predicted molar refractivity (Wildman–Crippen MR) is 157 cm³/mol. The number of amides is 1. The lowest BCUT2D eigenvalue weighted by atomic mass is 9.53. The Morgan fingerprint density at radius 2 is 1.73 bits per heavy atom. The maximum atomic E-state index is 14.0. The zero-order valence-corrected chi connectivity index (χ0v) is 24.3. The highest BCUT2D eigenvalue weighted by molar-refractivity contribution is 6.31. The molecule has 0 spiro atoms. The first-order chi connectivity index (χ1) is 21.4. The number of hydrogen-bond acceptors (Lipinski definition) is 9. The Morgan fingerprint density at radius 1 is 1.00 bits per heavy atom. The summed E-state index contributed by atoms with van der Waals surface area (Å²) in [5.41, 5.74) is 5.81. The number of primary amides is 1. The number of aromatic hydroxyl groups is 1. The number of carbonyl (C=O) groups is 5. The number of halogens is 1. The monoisotopic (exact) mass is 614 g/mol. The molecule has 6 rings (SSSR count). The molecule has 0 heterocycles. The highest BCUT2D eigenvalue weighted by Crippen LogP contribution is 2.51. The number of nitrogens with one attached hydrogen (secondary N) is 1. The fourth-order valence-electron chi connectivity index (χ4n) is 7.29. The third-order valence-corrected chi connectivity index (χ3v) is 9.39. The van der Waals surface area contributed by atoms with Gasteiger partial charge in [0.2, 0.25) is 5.91 Å². The number of methoxy groups -OCH3 is 1. The quantitative estimate of drug-likeness (QED) is 0.292. The molecule has 0 aromatic heterocycles. The molecular weight excluding hydrogens is 583 g/mol. The second kappa shape index (κ2) is 11.3. The number of fused-ring (bicyclic) bond motifs is 3. The molecule has 2 fully saturated rings. The molecule has 3 aliphatic carbocycles. The van der Waals surface area contributed by atoms with Gasteiger partial charge in [-0.25, -0.2) is 4.39 Å². The third-order valence-electron chi connectivity index (χ3n) is 9.39. The molecule has 11 heteroatoms. The summed E-state index contributed by atoms with van der Waals surface area (Å²) in [6, 6.07) is 14.8. The molecule has 5 atom stereocenters. The maximum Gasteiger partial charge on any atom is 0.235 e. The van der Waals surface area contributed by atoms with E-state index in [1.165, 1.54) is 25.3 Å². The van der Waals surface area contributed by atoms with Gasteiger partial charge in [-0.05, 0) is 71.3 Å². The second-order valence-corrected chi connectivity index (χ2v) is 12.0. The molecule has 2 unspecified atom stereocenters. The van der Waals surface area contributed by atoms with Crippen molar-refractivity contribution in [1.29, 1.82) is 0 Å².